The molecule has 17 heavy (non-hydrogen) atoms. The van der Waals surface area contributed by atoms with E-state index in [1.807, 2.05) is 6.07 Å². The zero-order valence-corrected chi connectivity index (χ0v) is 10.1. The molecule has 4 heteroatoms. The van der Waals surface area contributed by atoms with Gasteiger partial charge in [0.25, 0.3) is 0 Å². The van der Waals surface area contributed by atoms with Gasteiger partial charge in [0.2, 0.25) is 6.79 Å². The van der Waals surface area contributed by atoms with Gasteiger partial charge in [-0.25, -0.2) is 0 Å². The van der Waals surface area contributed by atoms with Gasteiger partial charge in [0.1, 0.15) is 5.78 Å². The van der Waals surface area contributed by atoms with Gasteiger partial charge >= 0.3 is 0 Å². The number of carbonyl (C=O) groups is 1. The van der Waals surface area contributed by atoms with Crippen LogP contribution in [0.3, 0.4) is 0 Å². The van der Waals surface area contributed by atoms with Crippen LogP contribution in [-0.2, 0) is 11.2 Å². The molecule has 0 radical (unpaired) electrons. The lowest BCUT2D eigenvalue weighted by atomic mass is 9.97. The third-order valence-electron chi connectivity index (χ3n) is 3.44. The van der Waals surface area contributed by atoms with E-state index in [-0.39, 0.29) is 12.7 Å². The van der Waals surface area contributed by atoms with Crippen molar-refractivity contribution in [3.8, 4) is 11.5 Å². The number of hydrogen-bond acceptors (Lipinski definition) is 3. The van der Waals surface area contributed by atoms with Crippen molar-refractivity contribution in [1.82, 2.24) is 0 Å². The molecule has 90 valence electrons. The van der Waals surface area contributed by atoms with Crippen molar-refractivity contribution in [3.63, 3.8) is 0 Å². The Balaban J connectivity index is 1.85. The number of Topliss-reactive ketones (excluding diaryl/α,β-unsaturated/α-hetero) is 1. The second kappa shape index (κ2) is 4.22. The lowest BCUT2D eigenvalue weighted by Gasteiger charge is -2.10. The minimum absolute atomic E-state index is 0.132. The van der Waals surface area contributed by atoms with Gasteiger partial charge in [-0.15, -0.1) is 0 Å². The molecule has 1 atom stereocenters. The van der Waals surface area contributed by atoms with E-state index in [2.05, 4.69) is 0 Å². The molecule has 0 amide bonds. The summed E-state index contributed by atoms with van der Waals surface area (Å²) in [5.41, 5.74) is 0.983. The van der Waals surface area contributed by atoms with Gasteiger partial charge in [-0.1, -0.05) is 11.6 Å². The maximum absolute atomic E-state index is 11.6. The summed E-state index contributed by atoms with van der Waals surface area (Å²) in [7, 11) is 0. The Morgan fingerprint density at radius 2 is 2.06 bits per heavy atom. The Morgan fingerprint density at radius 1 is 1.29 bits per heavy atom. The average molecular weight is 253 g/mol. The van der Waals surface area contributed by atoms with Crippen LogP contribution in [0.5, 0.6) is 11.5 Å². The molecule has 1 aromatic rings. The quantitative estimate of drug-likeness (QED) is 0.812. The highest BCUT2D eigenvalue weighted by atomic mass is 35.5. The minimum Gasteiger partial charge on any atom is -0.454 e. The molecular formula is C13H13ClO3. The zero-order valence-electron chi connectivity index (χ0n) is 9.37. The molecule has 2 aliphatic rings. The summed E-state index contributed by atoms with van der Waals surface area (Å²) >= 11 is 6.19. The summed E-state index contributed by atoms with van der Waals surface area (Å²) in [6.07, 6.45) is 3.41. The Bertz CT molecular complexity index is 470. The van der Waals surface area contributed by atoms with E-state index < -0.39 is 0 Å². The largest absolute Gasteiger partial charge is 0.454 e. The summed E-state index contributed by atoms with van der Waals surface area (Å²) in [6, 6.07) is 3.68. The van der Waals surface area contributed by atoms with Gasteiger partial charge in [-0.05, 0) is 30.9 Å². The monoisotopic (exact) mass is 252 g/mol. The van der Waals surface area contributed by atoms with Crippen molar-refractivity contribution in [2.45, 2.75) is 25.7 Å². The van der Waals surface area contributed by atoms with Crippen LogP contribution >= 0.6 is 11.6 Å². The molecule has 0 N–H and O–H groups in total. The van der Waals surface area contributed by atoms with Crippen molar-refractivity contribution in [2.24, 2.45) is 5.92 Å². The molecular weight excluding hydrogens is 240 g/mol. The molecule has 1 aromatic carbocycles. The molecule has 1 aliphatic carbocycles. The highest BCUT2D eigenvalue weighted by Crippen LogP contribution is 2.38. The molecule has 1 saturated carbocycles. The van der Waals surface area contributed by atoms with E-state index >= 15 is 0 Å². The standard InChI is InChI=1S/C13H13ClO3/c14-10-6-13-12(16-7-17-13)5-9(10)4-8-2-1-3-11(8)15/h5-6,8H,1-4,7H2. The van der Waals surface area contributed by atoms with Crippen molar-refractivity contribution >= 4 is 17.4 Å². The maximum atomic E-state index is 11.6. The van der Waals surface area contributed by atoms with Crippen LogP contribution in [0.25, 0.3) is 0 Å². The molecule has 1 fully saturated rings. The van der Waals surface area contributed by atoms with Gasteiger partial charge in [-0.2, -0.15) is 0 Å². The van der Waals surface area contributed by atoms with Crippen LogP contribution in [0.15, 0.2) is 12.1 Å². The molecule has 1 heterocycles. The van der Waals surface area contributed by atoms with Gasteiger partial charge in [0.05, 0.1) is 0 Å². The first-order valence-corrected chi connectivity index (χ1v) is 6.22. The Hall–Kier alpha value is -1.22. The first kappa shape index (κ1) is 10.9. The molecule has 3 nitrogen and oxygen atoms in total. The molecule has 0 bridgehead atoms. The summed E-state index contributed by atoms with van der Waals surface area (Å²) < 4.78 is 10.6. The zero-order chi connectivity index (χ0) is 11.8. The number of rotatable bonds is 2. The molecule has 0 spiro atoms. The van der Waals surface area contributed by atoms with Crippen molar-refractivity contribution < 1.29 is 14.3 Å². The third kappa shape index (κ3) is 2.00. The maximum Gasteiger partial charge on any atom is 0.231 e. The Morgan fingerprint density at radius 3 is 2.76 bits per heavy atom. The molecule has 1 aliphatic heterocycles. The molecule has 0 aromatic heterocycles. The van der Waals surface area contributed by atoms with Crippen molar-refractivity contribution in [1.29, 1.82) is 0 Å². The van der Waals surface area contributed by atoms with E-state index in [4.69, 9.17) is 21.1 Å². The van der Waals surface area contributed by atoms with E-state index in [1.165, 1.54) is 0 Å². The first-order chi connectivity index (χ1) is 8.24. The summed E-state index contributed by atoms with van der Waals surface area (Å²) in [5.74, 6) is 1.91. The highest BCUT2D eigenvalue weighted by molar-refractivity contribution is 6.31. The predicted octanol–water partition coefficient (Wildman–Crippen LogP) is 2.98. The number of hydrogen-bond donors (Lipinski definition) is 0. The minimum atomic E-state index is 0.132. The molecule has 3 rings (SSSR count). The third-order valence-corrected chi connectivity index (χ3v) is 3.79. The fourth-order valence-electron chi connectivity index (χ4n) is 2.48. The number of halogens is 1. The normalized spacial score (nSPS) is 22.2. The van der Waals surface area contributed by atoms with Crippen LogP contribution < -0.4 is 9.47 Å². The van der Waals surface area contributed by atoms with E-state index in [9.17, 15) is 4.79 Å². The van der Waals surface area contributed by atoms with Crippen LogP contribution in [-0.4, -0.2) is 12.6 Å². The lowest BCUT2D eigenvalue weighted by molar-refractivity contribution is -0.120. The second-order valence-electron chi connectivity index (χ2n) is 4.56. The summed E-state index contributed by atoms with van der Waals surface area (Å²) in [4.78, 5) is 11.6. The smallest absolute Gasteiger partial charge is 0.231 e. The number of ketones is 1. The van der Waals surface area contributed by atoms with Crippen molar-refractivity contribution in [2.75, 3.05) is 6.79 Å². The summed E-state index contributed by atoms with van der Waals surface area (Å²) in [6.45, 7) is 0.247. The van der Waals surface area contributed by atoms with Gasteiger partial charge in [0, 0.05) is 23.4 Å². The second-order valence-corrected chi connectivity index (χ2v) is 4.96. The van der Waals surface area contributed by atoms with Gasteiger partial charge < -0.3 is 9.47 Å². The SMILES string of the molecule is O=C1CCCC1Cc1cc2c(cc1Cl)OCO2. The van der Waals surface area contributed by atoms with E-state index in [1.54, 1.807) is 6.07 Å². The molecule has 0 saturated heterocycles. The van der Waals surface area contributed by atoms with Crippen LogP contribution in [0.1, 0.15) is 24.8 Å². The predicted molar refractivity (Wildman–Crippen MR) is 63.6 cm³/mol. The fourth-order valence-corrected chi connectivity index (χ4v) is 2.72. The van der Waals surface area contributed by atoms with Gasteiger partial charge in [-0.3, -0.25) is 4.79 Å². The summed E-state index contributed by atoms with van der Waals surface area (Å²) in [5, 5.41) is 0.661. The number of benzene rings is 1. The number of carbonyl (C=O) groups excluding carboxylic acids is 1. The first-order valence-electron chi connectivity index (χ1n) is 5.85. The lowest BCUT2D eigenvalue weighted by Crippen LogP contribution is -2.09. The van der Waals surface area contributed by atoms with Crippen LogP contribution in [0, 0.1) is 5.92 Å². The number of fused-ring (bicyclic) bond motifs is 1. The molecule has 1 unspecified atom stereocenters. The van der Waals surface area contributed by atoms with Crippen LogP contribution in [0.4, 0.5) is 0 Å². The number of ether oxygens (including phenoxy) is 2. The Labute approximate surface area is 105 Å². The topological polar surface area (TPSA) is 35.5 Å². The Kier molecular flexibility index (Phi) is 2.71. The fraction of sp³-hybridized carbons (Fsp3) is 0.462. The van der Waals surface area contributed by atoms with E-state index in [0.29, 0.717) is 29.4 Å². The van der Waals surface area contributed by atoms with Gasteiger partial charge in [0.15, 0.2) is 11.5 Å². The highest BCUT2D eigenvalue weighted by Gasteiger charge is 2.26. The van der Waals surface area contributed by atoms with Crippen LogP contribution in [0.2, 0.25) is 5.02 Å². The average Bonchev–Trinajstić information content (AvgIpc) is 2.89. The van der Waals surface area contributed by atoms with Crippen molar-refractivity contribution in [3.05, 3.63) is 22.7 Å². The van der Waals surface area contributed by atoms with E-state index in [0.717, 1.165) is 24.2 Å².